The molecule has 2 atom stereocenters. The van der Waals surface area contributed by atoms with Crippen LogP contribution in [0.2, 0.25) is 0 Å². The van der Waals surface area contributed by atoms with Crippen molar-refractivity contribution in [2.45, 2.75) is 70.1 Å². The smallest absolute Gasteiger partial charge is 0.748 e. The van der Waals surface area contributed by atoms with Crippen LogP contribution in [-0.4, -0.2) is 29.4 Å². The van der Waals surface area contributed by atoms with Crippen LogP contribution >= 0.6 is 0 Å². The molecule has 98 valence electrons. The molecule has 0 aliphatic rings. The molecular weight excluding hydrogens is 267 g/mol. The summed E-state index contributed by atoms with van der Waals surface area (Å²) in [5.41, 5.74) is 0. The predicted octanol–water partition coefficient (Wildman–Crippen LogP) is -0.964. The van der Waals surface area contributed by atoms with Crippen LogP contribution in [0.25, 0.3) is 0 Å². The van der Waals surface area contributed by atoms with E-state index in [-0.39, 0.29) is 51.4 Å². The molecule has 2 unspecified atom stereocenters. The maximum Gasteiger partial charge on any atom is 1.00 e. The van der Waals surface area contributed by atoms with Gasteiger partial charge in [0.2, 0.25) is 0 Å². The first kappa shape index (κ1) is 20.8. The van der Waals surface area contributed by atoms with Crippen LogP contribution in [0.5, 0.6) is 0 Å². The van der Waals surface area contributed by atoms with Crippen molar-refractivity contribution in [3.05, 3.63) is 0 Å². The first-order chi connectivity index (χ1) is 7.38. The van der Waals surface area contributed by atoms with E-state index >= 15 is 0 Å². The second kappa shape index (κ2) is 11.3. The third kappa shape index (κ3) is 12.3. The van der Waals surface area contributed by atoms with E-state index in [9.17, 15) is 13.0 Å². The molecule has 0 aliphatic heterocycles. The Bertz CT molecular complexity index is 265. The second-order valence-electron chi connectivity index (χ2n) is 4.39. The predicted molar refractivity (Wildman–Crippen MR) is 63.2 cm³/mol. The van der Waals surface area contributed by atoms with E-state index in [4.69, 9.17) is 5.11 Å². The van der Waals surface area contributed by atoms with Crippen molar-refractivity contribution in [3.63, 3.8) is 0 Å². The summed E-state index contributed by atoms with van der Waals surface area (Å²) < 4.78 is 32.9. The molecule has 0 amide bonds. The Kier molecular flexibility index (Phi) is 13.9. The number of rotatable bonds is 9. The summed E-state index contributed by atoms with van der Waals surface area (Å²) in [6.45, 7) is 3.70. The van der Waals surface area contributed by atoms with Gasteiger partial charge in [0.05, 0.1) is 16.2 Å². The number of unbranched alkanes of at least 4 members (excludes halogenated alkanes) is 2. The van der Waals surface area contributed by atoms with Gasteiger partial charge in [0.1, 0.15) is 0 Å². The Hall–Kier alpha value is 1.51. The van der Waals surface area contributed by atoms with E-state index in [0.29, 0.717) is 25.7 Å². The Morgan fingerprint density at radius 3 is 2.06 bits per heavy atom. The zero-order valence-corrected chi connectivity index (χ0v) is 15.1. The molecular formula is C11H23KO4S. The fourth-order valence-corrected chi connectivity index (χ4v) is 2.61. The van der Waals surface area contributed by atoms with E-state index in [2.05, 4.69) is 0 Å². The zero-order chi connectivity index (χ0) is 12.6. The summed E-state index contributed by atoms with van der Waals surface area (Å²) in [6, 6.07) is 0. The van der Waals surface area contributed by atoms with Crippen LogP contribution < -0.4 is 51.4 Å². The molecule has 0 aliphatic carbocycles. The molecule has 0 rings (SSSR count). The van der Waals surface area contributed by atoms with Crippen molar-refractivity contribution in [2.75, 3.05) is 0 Å². The van der Waals surface area contributed by atoms with Crippen LogP contribution in [0.4, 0.5) is 0 Å². The third-order valence-electron chi connectivity index (χ3n) is 2.69. The van der Waals surface area contributed by atoms with Gasteiger partial charge in [0.15, 0.2) is 0 Å². The molecule has 17 heavy (non-hydrogen) atoms. The van der Waals surface area contributed by atoms with Gasteiger partial charge in [-0.15, -0.1) is 0 Å². The first-order valence-corrected chi connectivity index (χ1v) is 7.47. The molecule has 0 saturated carbocycles. The van der Waals surface area contributed by atoms with Gasteiger partial charge in [-0.3, -0.25) is 0 Å². The van der Waals surface area contributed by atoms with Gasteiger partial charge in [-0.05, 0) is 32.6 Å². The number of aliphatic hydroxyl groups is 1. The van der Waals surface area contributed by atoms with Crippen molar-refractivity contribution in [1.82, 2.24) is 0 Å². The average molecular weight is 290 g/mol. The Balaban J connectivity index is 0. The van der Waals surface area contributed by atoms with Gasteiger partial charge in [-0.2, -0.15) is 0 Å². The summed E-state index contributed by atoms with van der Waals surface area (Å²) in [5.74, 6) is 0. The van der Waals surface area contributed by atoms with E-state index in [1.165, 1.54) is 0 Å². The van der Waals surface area contributed by atoms with Gasteiger partial charge in [-0.1, -0.05) is 26.2 Å². The zero-order valence-electron chi connectivity index (χ0n) is 11.2. The molecule has 0 saturated heterocycles. The molecule has 0 heterocycles. The Labute approximate surface area is 148 Å². The molecule has 0 aromatic heterocycles. The maximum absolute atomic E-state index is 11.0. The van der Waals surface area contributed by atoms with Crippen molar-refractivity contribution in [3.8, 4) is 0 Å². The van der Waals surface area contributed by atoms with Crippen LogP contribution in [0.15, 0.2) is 0 Å². The minimum Gasteiger partial charge on any atom is -0.748 e. The topological polar surface area (TPSA) is 77.4 Å². The normalized spacial score (nSPS) is 15.1. The molecule has 0 fully saturated rings. The molecule has 6 heteroatoms. The van der Waals surface area contributed by atoms with E-state index < -0.39 is 21.5 Å². The van der Waals surface area contributed by atoms with Crippen LogP contribution in [-0.2, 0) is 10.1 Å². The molecule has 4 nitrogen and oxygen atoms in total. The molecule has 0 spiro atoms. The Morgan fingerprint density at radius 1 is 1.12 bits per heavy atom. The molecule has 0 radical (unpaired) electrons. The maximum atomic E-state index is 11.0. The van der Waals surface area contributed by atoms with Crippen LogP contribution in [0.3, 0.4) is 0 Å². The first-order valence-electron chi connectivity index (χ1n) is 6.00. The number of hydrogen-bond acceptors (Lipinski definition) is 4. The minimum atomic E-state index is -4.17. The summed E-state index contributed by atoms with van der Waals surface area (Å²) in [6.07, 6.45) is 4.32. The Morgan fingerprint density at radius 2 is 1.65 bits per heavy atom. The molecule has 0 bridgehead atoms. The second-order valence-corrected chi connectivity index (χ2v) is 6.04. The van der Waals surface area contributed by atoms with Gasteiger partial charge < -0.3 is 9.66 Å². The fraction of sp³-hybridized carbons (Fsp3) is 1.00. The number of aliphatic hydroxyl groups excluding tert-OH is 1. The van der Waals surface area contributed by atoms with Crippen LogP contribution in [0, 0.1) is 0 Å². The summed E-state index contributed by atoms with van der Waals surface area (Å²) in [4.78, 5) is 0. The third-order valence-corrected chi connectivity index (χ3v) is 3.97. The van der Waals surface area contributed by atoms with Crippen LogP contribution in [0.1, 0.15) is 58.8 Å². The summed E-state index contributed by atoms with van der Waals surface area (Å²) >= 11 is 0. The SMILES string of the molecule is CCCCCC(CCCC(C)O)S(=O)(=O)[O-].[K+]. The van der Waals surface area contributed by atoms with Gasteiger partial charge in [0, 0.05) is 5.25 Å². The van der Waals surface area contributed by atoms with Crippen molar-refractivity contribution in [2.24, 2.45) is 0 Å². The molecule has 1 N–H and O–H groups in total. The monoisotopic (exact) mass is 290 g/mol. The molecule has 0 aromatic carbocycles. The van der Waals surface area contributed by atoms with Gasteiger partial charge >= 0.3 is 51.4 Å². The summed E-state index contributed by atoms with van der Waals surface area (Å²) in [5, 5.41) is 8.29. The number of hydrogen-bond donors (Lipinski definition) is 1. The van der Waals surface area contributed by atoms with Gasteiger partial charge in [-0.25, -0.2) is 8.42 Å². The van der Waals surface area contributed by atoms with Crippen molar-refractivity contribution < 1.29 is 69.5 Å². The quantitative estimate of drug-likeness (QED) is 0.337. The minimum absolute atomic E-state index is 0. The van der Waals surface area contributed by atoms with E-state index in [1.54, 1.807) is 6.92 Å². The van der Waals surface area contributed by atoms with Gasteiger partial charge in [0.25, 0.3) is 0 Å². The van der Waals surface area contributed by atoms with E-state index in [1.807, 2.05) is 6.92 Å². The largest absolute Gasteiger partial charge is 1.00 e. The fourth-order valence-electron chi connectivity index (χ4n) is 1.70. The van der Waals surface area contributed by atoms with E-state index in [0.717, 1.165) is 19.3 Å². The van der Waals surface area contributed by atoms with Crippen molar-refractivity contribution >= 4 is 10.1 Å². The average Bonchev–Trinajstić information content (AvgIpc) is 2.13. The molecule has 0 aromatic rings. The summed E-state index contributed by atoms with van der Waals surface area (Å²) in [7, 11) is -4.17. The standard InChI is InChI=1S/C11H24O4S.K/c1-3-4-5-8-11(16(13,14)15)9-6-7-10(2)12;/h10-12H,3-9H2,1-2H3,(H,13,14,15);/q;+1/p-1. The van der Waals surface area contributed by atoms with Crippen molar-refractivity contribution in [1.29, 1.82) is 0 Å².